The maximum atomic E-state index is 11.9. The van der Waals surface area contributed by atoms with E-state index in [2.05, 4.69) is 5.32 Å². The molecule has 0 heterocycles. The van der Waals surface area contributed by atoms with Crippen molar-refractivity contribution in [2.45, 2.75) is 18.9 Å². The zero-order valence-corrected chi connectivity index (χ0v) is 10.8. The molecule has 0 aliphatic heterocycles. The molecule has 1 rings (SSSR count). The van der Waals surface area contributed by atoms with Gasteiger partial charge in [0.2, 0.25) is 5.91 Å². The first-order chi connectivity index (χ1) is 8.19. The van der Waals surface area contributed by atoms with Crippen LogP contribution in [0.5, 0.6) is 0 Å². The molecule has 0 bridgehead atoms. The third-order valence-electron chi connectivity index (χ3n) is 2.33. The van der Waals surface area contributed by atoms with Gasteiger partial charge in [0.05, 0.1) is 6.07 Å². The lowest BCUT2D eigenvalue weighted by Crippen LogP contribution is -2.37. The molecule has 3 nitrogen and oxygen atoms in total. The van der Waals surface area contributed by atoms with Crippen LogP contribution in [-0.4, -0.2) is 24.0 Å². The molecule has 0 saturated carbocycles. The van der Waals surface area contributed by atoms with Crippen LogP contribution in [0.2, 0.25) is 0 Å². The molecular formula is C13H16N2OS. The number of hydrogen-bond donors (Lipinski definition) is 1. The fourth-order valence-electron chi connectivity index (χ4n) is 1.55. The number of nitrogens with one attached hydrogen (secondary N) is 1. The first-order valence-corrected chi connectivity index (χ1v) is 6.82. The van der Waals surface area contributed by atoms with E-state index in [4.69, 9.17) is 5.26 Å². The van der Waals surface area contributed by atoms with Gasteiger partial charge in [0.25, 0.3) is 0 Å². The largest absolute Gasteiger partial charge is 0.351 e. The number of carbonyl (C=O) groups excluding carboxylic acids is 1. The van der Waals surface area contributed by atoms with Crippen molar-refractivity contribution in [3.05, 3.63) is 35.9 Å². The van der Waals surface area contributed by atoms with Gasteiger partial charge in [-0.15, -0.1) is 0 Å². The van der Waals surface area contributed by atoms with Gasteiger partial charge in [-0.1, -0.05) is 30.3 Å². The lowest BCUT2D eigenvalue weighted by Gasteiger charge is -2.15. The third-order valence-corrected chi connectivity index (χ3v) is 3.16. The normalized spacial score (nSPS) is 13.5. The fraction of sp³-hybridized carbons (Fsp3) is 0.385. The predicted molar refractivity (Wildman–Crippen MR) is 70.8 cm³/mol. The van der Waals surface area contributed by atoms with Crippen LogP contribution < -0.4 is 5.32 Å². The average Bonchev–Trinajstić information content (AvgIpc) is 2.31. The van der Waals surface area contributed by atoms with E-state index in [-0.39, 0.29) is 11.9 Å². The van der Waals surface area contributed by atoms with E-state index in [0.29, 0.717) is 0 Å². The van der Waals surface area contributed by atoms with Crippen molar-refractivity contribution in [3.63, 3.8) is 0 Å². The molecule has 90 valence electrons. The summed E-state index contributed by atoms with van der Waals surface area (Å²) >= 11 is 1.67. The van der Waals surface area contributed by atoms with Gasteiger partial charge in [0.15, 0.2) is 0 Å². The van der Waals surface area contributed by atoms with Crippen LogP contribution in [-0.2, 0) is 4.79 Å². The number of benzene rings is 1. The zero-order chi connectivity index (χ0) is 12.7. The van der Waals surface area contributed by atoms with Crippen molar-refractivity contribution in [1.82, 2.24) is 5.32 Å². The van der Waals surface area contributed by atoms with Crippen LogP contribution in [0.4, 0.5) is 0 Å². The maximum absolute atomic E-state index is 11.9. The summed E-state index contributed by atoms with van der Waals surface area (Å²) in [6.45, 7) is 1.94. The van der Waals surface area contributed by atoms with Gasteiger partial charge in [-0.3, -0.25) is 4.79 Å². The van der Waals surface area contributed by atoms with E-state index in [9.17, 15) is 4.79 Å². The molecule has 0 fully saturated rings. The van der Waals surface area contributed by atoms with E-state index in [1.54, 1.807) is 23.9 Å². The maximum Gasteiger partial charge on any atom is 0.242 e. The summed E-state index contributed by atoms with van der Waals surface area (Å²) in [5.41, 5.74) is 0.740. The zero-order valence-electron chi connectivity index (χ0n) is 10.0. The lowest BCUT2D eigenvalue weighted by atomic mass is 10.00. The molecule has 2 unspecified atom stereocenters. The Morgan fingerprint density at radius 1 is 1.47 bits per heavy atom. The van der Waals surface area contributed by atoms with Gasteiger partial charge < -0.3 is 5.32 Å². The number of nitriles is 1. The van der Waals surface area contributed by atoms with Crippen molar-refractivity contribution in [3.8, 4) is 6.07 Å². The van der Waals surface area contributed by atoms with E-state index in [1.165, 1.54) is 0 Å². The van der Waals surface area contributed by atoms with Crippen LogP contribution in [0, 0.1) is 11.3 Å². The second-order valence-corrected chi connectivity index (χ2v) is 4.75. The highest BCUT2D eigenvalue weighted by Crippen LogP contribution is 2.14. The number of thioether (sulfide) groups is 1. The van der Waals surface area contributed by atoms with Crippen molar-refractivity contribution < 1.29 is 4.79 Å². The number of amides is 1. The summed E-state index contributed by atoms with van der Waals surface area (Å²) in [7, 11) is 0. The molecule has 1 aromatic carbocycles. The molecule has 2 atom stereocenters. The van der Waals surface area contributed by atoms with Gasteiger partial charge in [-0.2, -0.15) is 17.0 Å². The van der Waals surface area contributed by atoms with Gasteiger partial charge in [0.1, 0.15) is 5.92 Å². The Bertz CT molecular complexity index is 400. The minimum Gasteiger partial charge on any atom is -0.351 e. The van der Waals surface area contributed by atoms with Crippen LogP contribution in [0.3, 0.4) is 0 Å². The minimum absolute atomic E-state index is 0.0806. The Hall–Kier alpha value is -1.47. The summed E-state index contributed by atoms with van der Waals surface area (Å²) in [4.78, 5) is 11.9. The topological polar surface area (TPSA) is 52.9 Å². The second-order valence-electron chi connectivity index (χ2n) is 3.84. The summed E-state index contributed by atoms with van der Waals surface area (Å²) < 4.78 is 0. The molecule has 1 amide bonds. The highest BCUT2D eigenvalue weighted by atomic mass is 32.2. The summed E-state index contributed by atoms with van der Waals surface area (Å²) in [6.07, 6.45) is 1.99. The molecule has 4 heteroatoms. The number of nitrogens with zero attached hydrogens (tertiary/aromatic N) is 1. The van der Waals surface area contributed by atoms with E-state index in [0.717, 1.165) is 11.3 Å². The summed E-state index contributed by atoms with van der Waals surface area (Å²) in [5, 5.41) is 11.9. The number of rotatable bonds is 5. The molecule has 17 heavy (non-hydrogen) atoms. The second kappa shape index (κ2) is 6.97. The van der Waals surface area contributed by atoms with Crippen LogP contribution in [0.25, 0.3) is 0 Å². The Labute approximate surface area is 106 Å². The minimum atomic E-state index is -0.722. The third kappa shape index (κ3) is 4.12. The van der Waals surface area contributed by atoms with Gasteiger partial charge in [0, 0.05) is 11.8 Å². The van der Waals surface area contributed by atoms with Gasteiger partial charge in [-0.25, -0.2) is 0 Å². The van der Waals surface area contributed by atoms with Crippen molar-refractivity contribution in [2.24, 2.45) is 0 Å². The molecule has 1 N–H and O–H groups in total. The van der Waals surface area contributed by atoms with E-state index >= 15 is 0 Å². The Morgan fingerprint density at radius 2 is 2.12 bits per heavy atom. The first kappa shape index (κ1) is 13.6. The van der Waals surface area contributed by atoms with E-state index in [1.807, 2.05) is 37.4 Å². The summed E-state index contributed by atoms with van der Waals surface area (Å²) in [6, 6.07) is 11.3. The monoisotopic (exact) mass is 248 g/mol. The molecular weight excluding hydrogens is 232 g/mol. The molecule has 0 aromatic heterocycles. The molecule has 0 aliphatic carbocycles. The Kier molecular flexibility index (Phi) is 5.58. The quantitative estimate of drug-likeness (QED) is 0.868. The standard InChI is InChI=1S/C13H16N2OS/c1-10(9-17-2)15-13(16)12(8-14)11-6-4-3-5-7-11/h3-7,10,12H,9H2,1-2H3,(H,15,16). The van der Waals surface area contributed by atoms with E-state index < -0.39 is 5.92 Å². The summed E-state index contributed by atoms with van der Waals surface area (Å²) in [5.74, 6) is -0.0978. The number of hydrogen-bond acceptors (Lipinski definition) is 3. The highest BCUT2D eigenvalue weighted by Gasteiger charge is 2.20. The van der Waals surface area contributed by atoms with Crippen molar-refractivity contribution in [2.75, 3.05) is 12.0 Å². The smallest absolute Gasteiger partial charge is 0.242 e. The molecule has 1 aromatic rings. The SMILES string of the molecule is CSCC(C)NC(=O)C(C#N)c1ccccc1. The molecule has 0 radical (unpaired) electrons. The predicted octanol–water partition coefficient (Wildman–Crippen LogP) is 2.16. The lowest BCUT2D eigenvalue weighted by molar-refractivity contribution is -0.121. The first-order valence-electron chi connectivity index (χ1n) is 5.43. The Balaban J connectivity index is 2.70. The van der Waals surface area contributed by atoms with Crippen molar-refractivity contribution in [1.29, 1.82) is 5.26 Å². The van der Waals surface area contributed by atoms with Crippen LogP contribution >= 0.6 is 11.8 Å². The number of carbonyl (C=O) groups is 1. The van der Waals surface area contributed by atoms with Crippen molar-refractivity contribution >= 4 is 17.7 Å². The molecule has 0 aliphatic rings. The average molecular weight is 248 g/mol. The van der Waals surface area contributed by atoms with Gasteiger partial charge >= 0.3 is 0 Å². The Morgan fingerprint density at radius 3 is 2.65 bits per heavy atom. The highest BCUT2D eigenvalue weighted by molar-refractivity contribution is 7.98. The van der Waals surface area contributed by atoms with Gasteiger partial charge in [-0.05, 0) is 18.7 Å². The molecule has 0 saturated heterocycles. The molecule has 0 spiro atoms. The van der Waals surface area contributed by atoms with Crippen LogP contribution in [0.1, 0.15) is 18.4 Å². The van der Waals surface area contributed by atoms with Crippen LogP contribution in [0.15, 0.2) is 30.3 Å². The fourth-order valence-corrected chi connectivity index (χ4v) is 2.13.